The number of amidine groups is 1. The number of aliphatic carboxylic acids is 1. The van der Waals surface area contributed by atoms with Crippen molar-refractivity contribution in [2.45, 2.75) is 16.6 Å². The molecule has 1 aliphatic heterocycles. The van der Waals surface area contributed by atoms with Gasteiger partial charge in [0.2, 0.25) is 15.9 Å². The molecule has 1 aromatic rings. The van der Waals surface area contributed by atoms with Crippen LogP contribution in [0.15, 0.2) is 34.2 Å². The number of carboxylic acids is 1. The fraction of sp³-hybridized carbons (Fsp3) is 0.182. The number of aliphatic imine (C=N–C) groups is 1. The van der Waals surface area contributed by atoms with Gasteiger partial charge in [0.15, 0.2) is 5.17 Å². The highest BCUT2D eigenvalue weighted by Gasteiger charge is 2.30. The third kappa shape index (κ3) is 4.03. The van der Waals surface area contributed by atoms with E-state index in [0.717, 1.165) is 11.8 Å². The van der Waals surface area contributed by atoms with Crippen LogP contribution in [0.5, 0.6) is 0 Å². The highest BCUT2D eigenvalue weighted by Crippen LogP contribution is 2.25. The Morgan fingerprint density at radius 1 is 1.38 bits per heavy atom. The largest absolute Gasteiger partial charge is 0.550 e. The molecule has 1 saturated heterocycles. The zero-order valence-corrected chi connectivity index (χ0v) is 12.1. The SMILES string of the molecule is NS(=O)(=O)c1ccc(N=C2NC(=O)[C@@H](CC(=O)[O-])S2)cc1. The average molecular weight is 328 g/mol. The standard InChI is InChI=1S/C11H11N3O5S2/c12-21(18,19)7-3-1-6(2-4-7)13-11-14-10(17)8(20-11)5-9(15)16/h1-4,8H,5H2,(H,15,16)(H2,12,18,19)(H,13,14,17)/p-1/t8-/m1/s1. The van der Waals surface area contributed by atoms with Crippen molar-refractivity contribution in [3.05, 3.63) is 24.3 Å². The number of primary sulfonamides is 1. The van der Waals surface area contributed by atoms with Gasteiger partial charge in [-0.25, -0.2) is 18.5 Å². The molecule has 0 spiro atoms. The van der Waals surface area contributed by atoms with Gasteiger partial charge < -0.3 is 15.2 Å². The van der Waals surface area contributed by atoms with Crippen molar-refractivity contribution in [3.8, 4) is 0 Å². The van der Waals surface area contributed by atoms with Gasteiger partial charge in [0.25, 0.3) is 0 Å². The summed E-state index contributed by atoms with van der Waals surface area (Å²) in [5, 5.41) is 17.4. The van der Waals surface area contributed by atoms with Gasteiger partial charge in [-0.05, 0) is 24.3 Å². The number of carboxylic acid groups (broad SMARTS) is 1. The van der Waals surface area contributed by atoms with Gasteiger partial charge in [-0.2, -0.15) is 0 Å². The van der Waals surface area contributed by atoms with Crippen LogP contribution in [0.4, 0.5) is 5.69 Å². The highest BCUT2D eigenvalue weighted by atomic mass is 32.2. The molecule has 2 rings (SSSR count). The number of nitrogens with one attached hydrogen (secondary N) is 1. The summed E-state index contributed by atoms with van der Waals surface area (Å²) in [6.45, 7) is 0. The molecule has 0 aliphatic carbocycles. The molecule has 1 heterocycles. The van der Waals surface area contributed by atoms with Crippen LogP contribution in [0.1, 0.15) is 6.42 Å². The van der Waals surface area contributed by atoms with Gasteiger partial charge >= 0.3 is 0 Å². The molecule has 0 saturated carbocycles. The van der Waals surface area contributed by atoms with Crippen LogP contribution in [0, 0.1) is 0 Å². The van der Waals surface area contributed by atoms with E-state index in [1.54, 1.807) is 0 Å². The minimum Gasteiger partial charge on any atom is -0.550 e. The molecule has 0 bridgehead atoms. The molecule has 8 nitrogen and oxygen atoms in total. The summed E-state index contributed by atoms with van der Waals surface area (Å²) >= 11 is 0.977. The molecule has 1 aliphatic rings. The summed E-state index contributed by atoms with van der Waals surface area (Å²) < 4.78 is 22.2. The molecule has 1 aromatic carbocycles. The second-order valence-corrected chi connectivity index (χ2v) is 6.88. The van der Waals surface area contributed by atoms with Gasteiger partial charge in [0.1, 0.15) is 0 Å². The summed E-state index contributed by atoms with van der Waals surface area (Å²) in [6.07, 6.45) is -0.403. The third-order valence-corrected chi connectivity index (χ3v) is 4.54. The minimum atomic E-state index is -3.77. The highest BCUT2D eigenvalue weighted by molar-refractivity contribution is 8.15. The van der Waals surface area contributed by atoms with E-state index in [4.69, 9.17) is 5.14 Å². The number of sulfonamides is 1. The Bertz CT molecular complexity index is 712. The molecule has 21 heavy (non-hydrogen) atoms. The lowest BCUT2D eigenvalue weighted by molar-refractivity contribution is -0.305. The van der Waals surface area contributed by atoms with Crippen molar-refractivity contribution in [1.82, 2.24) is 5.32 Å². The van der Waals surface area contributed by atoms with E-state index >= 15 is 0 Å². The first-order valence-electron chi connectivity index (χ1n) is 5.64. The number of nitrogens with zero attached hydrogens (tertiary/aromatic N) is 1. The van der Waals surface area contributed by atoms with Crippen molar-refractivity contribution in [3.63, 3.8) is 0 Å². The summed E-state index contributed by atoms with van der Waals surface area (Å²) in [6, 6.07) is 5.42. The molecule has 1 amide bonds. The predicted octanol–water partition coefficient (Wildman–Crippen LogP) is -1.31. The molecule has 112 valence electrons. The Hall–Kier alpha value is -1.91. The van der Waals surface area contributed by atoms with Gasteiger partial charge in [-0.1, -0.05) is 11.8 Å². The predicted molar refractivity (Wildman–Crippen MR) is 74.1 cm³/mol. The van der Waals surface area contributed by atoms with Crippen LogP contribution in [-0.2, 0) is 19.6 Å². The van der Waals surface area contributed by atoms with Gasteiger partial charge in [0, 0.05) is 12.4 Å². The van der Waals surface area contributed by atoms with Crippen LogP contribution in [0.2, 0.25) is 0 Å². The molecular weight excluding hydrogens is 318 g/mol. The maximum atomic E-state index is 11.5. The van der Waals surface area contributed by atoms with Crippen molar-refractivity contribution < 1.29 is 23.1 Å². The van der Waals surface area contributed by atoms with Gasteiger partial charge in [-0.3, -0.25) is 4.79 Å². The van der Waals surface area contributed by atoms with Gasteiger partial charge in [0.05, 0.1) is 15.8 Å². The normalized spacial score (nSPS) is 20.5. The smallest absolute Gasteiger partial charge is 0.239 e. The number of carbonyl (C=O) groups is 2. The van der Waals surface area contributed by atoms with E-state index in [1.807, 2.05) is 0 Å². The Kier molecular flexibility index (Phi) is 4.30. The minimum absolute atomic E-state index is 0.0515. The van der Waals surface area contributed by atoms with Crippen molar-refractivity contribution in [2.24, 2.45) is 10.1 Å². The average Bonchev–Trinajstić information content (AvgIpc) is 2.68. The Morgan fingerprint density at radius 3 is 2.52 bits per heavy atom. The summed E-state index contributed by atoms with van der Waals surface area (Å²) in [7, 11) is -3.77. The lowest BCUT2D eigenvalue weighted by Gasteiger charge is -2.04. The Labute approximate surface area is 124 Å². The quantitative estimate of drug-likeness (QED) is 0.703. The van der Waals surface area contributed by atoms with E-state index < -0.39 is 33.6 Å². The van der Waals surface area contributed by atoms with Crippen molar-refractivity contribution in [1.29, 1.82) is 0 Å². The van der Waals surface area contributed by atoms with Crippen LogP contribution in [0.3, 0.4) is 0 Å². The van der Waals surface area contributed by atoms with Crippen LogP contribution < -0.4 is 15.6 Å². The van der Waals surface area contributed by atoms with E-state index in [1.165, 1.54) is 24.3 Å². The van der Waals surface area contributed by atoms with E-state index in [9.17, 15) is 23.1 Å². The van der Waals surface area contributed by atoms with E-state index in [-0.39, 0.29) is 10.1 Å². The van der Waals surface area contributed by atoms with Crippen LogP contribution in [-0.4, -0.2) is 30.7 Å². The fourth-order valence-corrected chi connectivity index (χ4v) is 3.06. The Morgan fingerprint density at radius 2 is 2.00 bits per heavy atom. The second-order valence-electron chi connectivity index (χ2n) is 4.13. The van der Waals surface area contributed by atoms with Crippen molar-refractivity contribution in [2.75, 3.05) is 0 Å². The maximum Gasteiger partial charge on any atom is 0.239 e. The topological polar surface area (TPSA) is 142 Å². The number of nitrogens with two attached hydrogens (primary N) is 1. The molecule has 3 N–H and O–H groups in total. The van der Waals surface area contributed by atoms with E-state index in [2.05, 4.69) is 10.3 Å². The first kappa shape index (κ1) is 15.5. The monoisotopic (exact) mass is 328 g/mol. The number of rotatable bonds is 4. The van der Waals surface area contributed by atoms with E-state index in [0.29, 0.717) is 5.69 Å². The fourth-order valence-electron chi connectivity index (χ4n) is 1.57. The number of hydrogen-bond donors (Lipinski definition) is 2. The van der Waals surface area contributed by atoms with Gasteiger partial charge in [-0.15, -0.1) is 0 Å². The molecule has 0 radical (unpaired) electrons. The number of thioether (sulfide) groups is 1. The zero-order valence-electron chi connectivity index (χ0n) is 10.5. The maximum absolute atomic E-state index is 11.5. The summed E-state index contributed by atoms with van der Waals surface area (Å²) in [4.78, 5) is 26.0. The number of amides is 1. The lowest BCUT2D eigenvalue weighted by atomic mass is 10.3. The molecule has 1 fully saturated rings. The Balaban J connectivity index is 2.14. The van der Waals surface area contributed by atoms with Crippen LogP contribution >= 0.6 is 11.8 Å². The summed E-state index contributed by atoms with van der Waals surface area (Å²) in [5.74, 6) is -1.77. The summed E-state index contributed by atoms with van der Waals surface area (Å²) in [5.41, 5.74) is 0.402. The number of carbonyl (C=O) groups excluding carboxylic acids is 2. The first-order valence-corrected chi connectivity index (χ1v) is 8.07. The van der Waals surface area contributed by atoms with Crippen molar-refractivity contribution >= 4 is 44.5 Å². The molecule has 0 unspecified atom stereocenters. The molecule has 10 heteroatoms. The zero-order chi connectivity index (χ0) is 15.6. The molecular formula is C11H10N3O5S2-. The lowest BCUT2D eigenvalue weighted by Crippen LogP contribution is -2.31. The second kappa shape index (κ2) is 5.84. The van der Waals surface area contributed by atoms with Crippen LogP contribution in [0.25, 0.3) is 0 Å². The third-order valence-electron chi connectivity index (χ3n) is 2.52. The molecule has 0 aromatic heterocycles. The molecule has 1 atom stereocenters. The number of hydrogen-bond acceptors (Lipinski definition) is 7. The first-order chi connectivity index (χ1) is 9.75. The number of benzene rings is 1.